The van der Waals surface area contributed by atoms with Crippen molar-refractivity contribution in [2.75, 3.05) is 0 Å². The largest absolute Gasteiger partial charge is 0.481 e. The number of carboxylic acid groups (broad SMARTS) is 1. The van der Waals surface area contributed by atoms with Crippen LogP contribution in [0, 0.1) is 11.6 Å². The van der Waals surface area contributed by atoms with Crippen LogP contribution in [0.4, 0.5) is 8.78 Å². The number of hydrogen-bond donors (Lipinski definition) is 2. The molecule has 3 N–H and O–H groups in total. The highest BCUT2D eigenvalue weighted by Gasteiger charge is 2.19. The third kappa shape index (κ3) is 3.70. The van der Waals surface area contributed by atoms with Gasteiger partial charge in [-0.05, 0) is 12.1 Å². The molecule has 0 bridgehead atoms. The topological polar surface area (TPSA) is 63.3 Å². The number of benzene rings is 1. The quantitative estimate of drug-likeness (QED) is 0.901. The summed E-state index contributed by atoms with van der Waals surface area (Å²) >= 11 is 2.91. The molecule has 0 aliphatic heterocycles. The van der Waals surface area contributed by atoms with Crippen molar-refractivity contribution >= 4 is 34.3 Å². The van der Waals surface area contributed by atoms with Gasteiger partial charge in [0.05, 0.1) is 6.42 Å². The zero-order valence-electron chi connectivity index (χ0n) is 7.91. The molecule has 7 heteroatoms. The predicted octanol–water partition coefficient (Wildman–Crippen LogP) is 2.62. The van der Waals surface area contributed by atoms with Gasteiger partial charge in [0.25, 0.3) is 0 Å². The summed E-state index contributed by atoms with van der Waals surface area (Å²) in [4.78, 5) is 10.3. The van der Waals surface area contributed by atoms with Gasteiger partial charge in [0.1, 0.15) is 11.6 Å². The van der Waals surface area contributed by atoms with E-state index in [0.29, 0.717) is 0 Å². The molecule has 0 saturated carbocycles. The standard InChI is InChI=1S/C9H8BrF2NO2.ClH/c10-4-1-5(11)9(6(12)2-4)7(13)3-8(14)15;/h1-2,7H,3,13H2,(H,14,15);1H. The number of halogens is 4. The summed E-state index contributed by atoms with van der Waals surface area (Å²) < 4.78 is 26.8. The second-order valence-electron chi connectivity index (χ2n) is 2.99. The fourth-order valence-corrected chi connectivity index (χ4v) is 1.60. The highest BCUT2D eigenvalue weighted by molar-refractivity contribution is 9.10. The first-order valence-electron chi connectivity index (χ1n) is 4.03. The molecule has 3 nitrogen and oxygen atoms in total. The van der Waals surface area contributed by atoms with E-state index < -0.39 is 35.6 Å². The van der Waals surface area contributed by atoms with E-state index in [4.69, 9.17) is 10.8 Å². The smallest absolute Gasteiger partial charge is 0.305 e. The Balaban J connectivity index is 0.00000225. The SMILES string of the molecule is Cl.NC(CC(=O)O)c1c(F)cc(Br)cc1F. The fourth-order valence-electron chi connectivity index (χ4n) is 1.20. The Morgan fingerprint density at radius 3 is 2.25 bits per heavy atom. The van der Waals surface area contributed by atoms with Crippen LogP contribution < -0.4 is 5.73 Å². The first kappa shape index (κ1) is 15.3. The molecule has 1 aromatic carbocycles. The number of aliphatic carboxylic acids is 1. The average molecular weight is 317 g/mol. The van der Waals surface area contributed by atoms with Gasteiger partial charge in [-0.15, -0.1) is 12.4 Å². The summed E-state index contributed by atoms with van der Waals surface area (Å²) in [5.41, 5.74) is 4.97. The maximum absolute atomic E-state index is 13.3. The maximum Gasteiger partial charge on any atom is 0.305 e. The van der Waals surface area contributed by atoms with Crippen molar-refractivity contribution in [3.05, 3.63) is 33.8 Å². The van der Waals surface area contributed by atoms with E-state index in [-0.39, 0.29) is 16.9 Å². The molecule has 1 rings (SSSR count). The minimum Gasteiger partial charge on any atom is -0.481 e. The molecule has 0 aliphatic carbocycles. The van der Waals surface area contributed by atoms with Crippen LogP contribution in [-0.2, 0) is 4.79 Å². The Hall–Kier alpha value is -0.720. The Kier molecular flexibility index (Phi) is 5.85. The summed E-state index contributed by atoms with van der Waals surface area (Å²) in [5.74, 6) is -2.91. The zero-order valence-corrected chi connectivity index (χ0v) is 10.3. The van der Waals surface area contributed by atoms with Gasteiger partial charge in [0, 0.05) is 16.1 Å². The molecule has 0 heterocycles. The number of rotatable bonds is 3. The highest BCUT2D eigenvalue weighted by Crippen LogP contribution is 2.25. The molecule has 0 spiro atoms. The lowest BCUT2D eigenvalue weighted by atomic mass is 10.0. The van der Waals surface area contributed by atoms with Gasteiger partial charge < -0.3 is 10.8 Å². The Morgan fingerprint density at radius 1 is 1.44 bits per heavy atom. The molecular weight excluding hydrogens is 307 g/mol. The van der Waals surface area contributed by atoms with Crippen molar-refractivity contribution in [1.82, 2.24) is 0 Å². The molecule has 0 aromatic heterocycles. The summed E-state index contributed by atoms with van der Waals surface area (Å²) in [5, 5.41) is 8.45. The molecule has 0 fully saturated rings. The molecule has 0 saturated heterocycles. The Bertz CT molecular complexity index is 380. The minimum absolute atomic E-state index is 0. The molecule has 1 atom stereocenters. The molecule has 90 valence electrons. The highest BCUT2D eigenvalue weighted by atomic mass is 79.9. The monoisotopic (exact) mass is 315 g/mol. The number of carbonyl (C=O) groups is 1. The average Bonchev–Trinajstić information content (AvgIpc) is 1.99. The van der Waals surface area contributed by atoms with Crippen molar-refractivity contribution in [1.29, 1.82) is 0 Å². The van der Waals surface area contributed by atoms with Crippen LogP contribution in [0.2, 0.25) is 0 Å². The lowest BCUT2D eigenvalue weighted by molar-refractivity contribution is -0.137. The van der Waals surface area contributed by atoms with Crippen LogP contribution in [0.1, 0.15) is 18.0 Å². The van der Waals surface area contributed by atoms with Crippen LogP contribution in [0.15, 0.2) is 16.6 Å². The van der Waals surface area contributed by atoms with E-state index in [1.165, 1.54) is 0 Å². The van der Waals surface area contributed by atoms with E-state index in [1.54, 1.807) is 0 Å². The number of nitrogens with two attached hydrogens (primary N) is 1. The van der Waals surface area contributed by atoms with Gasteiger partial charge in [0.2, 0.25) is 0 Å². The summed E-state index contributed by atoms with van der Waals surface area (Å²) in [6.45, 7) is 0. The fraction of sp³-hybridized carbons (Fsp3) is 0.222. The second-order valence-corrected chi connectivity index (χ2v) is 3.90. The Morgan fingerprint density at radius 2 is 1.88 bits per heavy atom. The molecule has 16 heavy (non-hydrogen) atoms. The maximum atomic E-state index is 13.3. The molecule has 1 unspecified atom stereocenters. The summed E-state index contributed by atoms with van der Waals surface area (Å²) in [6, 6.07) is 0.899. The van der Waals surface area contributed by atoms with E-state index >= 15 is 0 Å². The normalized spacial score (nSPS) is 11.8. The lowest BCUT2D eigenvalue weighted by Crippen LogP contribution is -2.18. The van der Waals surface area contributed by atoms with Crippen LogP contribution in [0.3, 0.4) is 0 Å². The van der Waals surface area contributed by atoms with E-state index in [0.717, 1.165) is 12.1 Å². The predicted molar refractivity (Wildman–Crippen MR) is 60.5 cm³/mol. The van der Waals surface area contributed by atoms with E-state index in [2.05, 4.69) is 15.9 Å². The van der Waals surface area contributed by atoms with Gasteiger partial charge in [-0.3, -0.25) is 4.79 Å². The van der Waals surface area contributed by atoms with Gasteiger partial charge in [0.15, 0.2) is 0 Å². The third-order valence-corrected chi connectivity index (χ3v) is 2.27. The third-order valence-electron chi connectivity index (χ3n) is 1.81. The summed E-state index contributed by atoms with van der Waals surface area (Å²) in [7, 11) is 0. The number of hydrogen-bond acceptors (Lipinski definition) is 2. The van der Waals surface area contributed by atoms with Crippen LogP contribution in [0.25, 0.3) is 0 Å². The molecule has 0 radical (unpaired) electrons. The Labute approximate surface area is 105 Å². The van der Waals surface area contributed by atoms with E-state index in [9.17, 15) is 13.6 Å². The molecule has 0 aliphatic rings. The first-order chi connectivity index (χ1) is 6.91. The number of carboxylic acids is 1. The van der Waals surface area contributed by atoms with Gasteiger partial charge >= 0.3 is 5.97 Å². The first-order valence-corrected chi connectivity index (χ1v) is 4.83. The minimum atomic E-state index is -1.20. The van der Waals surface area contributed by atoms with Crippen molar-refractivity contribution in [3.63, 3.8) is 0 Å². The van der Waals surface area contributed by atoms with Gasteiger partial charge in [-0.1, -0.05) is 15.9 Å². The second kappa shape index (κ2) is 6.12. The molecule has 1 aromatic rings. The van der Waals surface area contributed by atoms with Crippen LogP contribution >= 0.6 is 28.3 Å². The lowest BCUT2D eigenvalue weighted by Gasteiger charge is -2.11. The molecular formula is C9H9BrClF2NO2. The van der Waals surface area contributed by atoms with Gasteiger partial charge in [-0.2, -0.15) is 0 Å². The van der Waals surface area contributed by atoms with Crippen molar-refractivity contribution in [2.45, 2.75) is 12.5 Å². The van der Waals surface area contributed by atoms with Crippen molar-refractivity contribution in [3.8, 4) is 0 Å². The summed E-state index contributed by atoms with van der Waals surface area (Å²) in [6.07, 6.45) is -0.518. The van der Waals surface area contributed by atoms with E-state index in [1.807, 2.05) is 0 Å². The zero-order chi connectivity index (χ0) is 11.6. The molecule has 0 amide bonds. The van der Waals surface area contributed by atoms with Gasteiger partial charge in [-0.25, -0.2) is 8.78 Å². The van der Waals surface area contributed by atoms with Crippen LogP contribution in [0.5, 0.6) is 0 Å². The van der Waals surface area contributed by atoms with Crippen molar-refractivity contribution < 1.29 is 18.7 Å². The van der Waals surface area contributed by atoms with Crippen molar-refractivity contribution in [2.24, 2.45) is 5.73 Å². The van der Waals surface area contributed by atoms with Crippen LogP contribution in [-0.4, -0.2) is 11.1 Å².